The zero-order chi connectivity index (χ0) is 22.1. The molecule has 9 heteroatoms. The zero-order valence-corrected chi connectivity index (χ0v) is 18.0. The molecule has 0 spiro atoms. The molecule has 0 bridgehead atoms. The molecule has 0 aliphatic carbocycles. The lowest BCUT2D eigenvalue weighted by atomic mass is 10.2. The van der Waals surface area contributed by atoms with Crippen molar-refractivity contribution in [3.63, 3.8) is 0 Å². The van der Waals surface area contributed by atoms with Gasteiger partial charge < -0.3 is 14.3 Å². The largest absolute Gasteiger partial charge is 0.353 e. The molecule has 0 radical (unpaired) electrons. The Balaban J connectivity index is 1.23. The van der Waals surface area contributed by atoms with Crippen LogP contribution in [0.5, 0.6) is 0 Å². The number of piperazine rings is 1. The number of hydrogen-bond acceptors (Lipinski definition) is 8. The molecule has 4 heterocycles. The van der Waals surface area contributed by atoms with Crippen LogP contribution in [0.4, 0.5) is 5.82 Å². The van der Waals surface area contributed by atoms with E-state index in [0.29, 0.717) is 43.6 Å². The number of carbonyl (C=O) groups is 1. The Labute approximate surface area is 185 Å². The first kappa shape index (κ1) is 20.0. The highest BCUT2D eigenvalue weighted by Gasteiger charge is 2.24. The summed E-state index contributed by atoms with van der Waals surface area (Å²) in [5.74, 6) is 2.10. The van der Waals surface area contributed by atoms with Crippen LogP contribution in [0.2, 0.25) is 0 Å². The number of anilines is 1. The van der Waals surface area contributed by atoms with Gasteiger partial charge in [-0.1, -0.05) is 31.1 Å². The number of benzene rings is 1. The van der Waals surface area contributed by atoms with E-state index in [2.05, 4.69) is 30.0 Å². The Morgan fingerprint density at radius 3 is 2.41 bits per heavy atom. The van der Waals surface area contributed by atoms with Crippen LogP contribution in [-0.2, 0) is 0 Å². The smallest absolute Gasteiger partial charge is 0.274 e. The molecule has 1 aliphatic rings. The molecular weight excluding hydrogens is 406 g/mol. The standard InChI is InChI=1S/C23H23N7O2/c1-15(2)22-27-21(28-32-22)16-7-8-20(25-13-16)29-9-11-30(12-10-29)23(31)19-14-24-17-5-3-4-6-18(17)26-19/h3-8,13-15H,9-12H2,1-2H3. The Bertz CT molecular complexity index is 1240. The Morgan fingerprint density at radius 1 is 0.938 bits per heavy atom. The second kappa shape index (κ2) is 8.33. The van der Waals surface area contributed by atoms with E-state index in [1.807, 2.05) is 55.1 Å². The summed E-state index contributed by atoms with van der Waals surface area (Å²) in [6, 6.07) is 11.4. The topological polar surface area (TPSA) is 101 Å². The molecule has 5 rings (SSSR count). The van der Waals surface area contributed by atoms with Crippen LogP contribution in [0, 0.1) is 0 Å². The molecule has 1 fully saturated rings. The van der Waals surface area contributed by atoms with Gasteiger partial charge in [0.15, 0.2) is 0 Å². The first-order valence-electron chi connectivity index (χ1n) is 10.6. The molecule has 1 aromatic carbocycles. The number of para-hydroxylation sites is 2. The minimum absolute atomic E-state index is 0.0933. The lowest BCUT2D eigenvalue weighted by molar-refractivity contribution is 0.0740. The number of aromatic nitrogens is 5. The third-order valence-electron chi connectivity index (χ3n) is 5.50. The van der Waals surface area contributed by atoms with Gasteiger partial charge in [-0.25, -0.2) is 9.97 Å². The van der Waals surface area contributed by atoms with Crippen LogP contribution >= 0.6 is 0 Å². The van der Waals surface area contributed by atoms with Gasteiger partial charge in [0, 0.05) is 43.9 Å². The van der Waals surface area contributed by atoms with Gasteiger partial charge in [-0.3, -0.25) is 9.78 Å². The first-order chi connectivity index (χ1) is 15.6. The third-order valence-corrected chi connectivity index (χ3v) is 5.50. The highest BCUT2D eigenvalue weighted by Crippen LogP contribution is 2.22. The van der Waals surface area contributed by atoms with Crippen LogP contribution in [-0.4, -0.2) is 62.1 Å². The monoisotopic (exact) mass is 429 g/mol. The van der Waals surface area contributed by atoms with Crippen molar-refractivity contribution in [3.8, 4) is 11.4 Å². The molecule has 162 valence electrons. The van der Waals surface area contributed by atoms with E-state index >= 15 is 0 Å². The van der Waals surface area contributed by atoms with E-state index in [1.54, 1.807) is 12.4 Å². The van der Waals surface area contributed by atoms with Gasteiger partial charge in [0.2, 0.25) is 11.7 Å². The maximum absolute atomic E-state index is 12.9. The van der Waals surface area contributed by atoms with E-state index in [4.69, 9.17) is 4.52 Å². The van der Waals surface area contributed by atoms with E-state index in [0.717, 1.165) is 22.4 Å². The second-order valence-electron chi connectivity index (χ2n) is 8.04. The number of nitrogens with zero attached hydrogens (tertiary/aromatic N) is 7. The third kappa shape index (κ3) is 3.89. The average molecular weight is 429 g/mol. The number of fused-ring (bicyclic) bond motifs is 1. The summed E-state index contributed by atoms with van der Waals surface area (Å²) in [5.41, 5.74) is 2.70. The number of rotatable bonds is 4. The summed E-state index contributed by atoms with van der Waals surface area (Å²) in [6.45, 7) is 6.60. The Kier molecular flexibility index (Phi) is 5.22. The summed E-state index contributed by atoms with van der Waals surface area (Å²) in [6.07, 6.45) is 3.31. The van der Waals surface area contributed by atoms with Crippen LogP contribution < -0.4 is 4.90 Å². The molecule has 0 atom stereocenters. The number of pyridine rings is 1. The van der Waals surface area contributed by atoms with E-state index in [1.165, 1.54) is 0 Å². The van der Waals surface area contributed by atoms with Crippen molar-refractivity contribution in [1.82, 2.24) is 30.0 Å². The fourth-order valence-electron chi connectivity index (χ4n) is 3.65. The van der Waals surface area contributed by atoms with Gasteiger partial charge in [-0.2, -0.15) is 4.98 Å². The molecule has 0 saturated carbocycles. The van der Waals surface area contributed by atoms with Crippen LogP contribution in [0.1, 0.15) is 36.1 Å². The van der Waals surface area contributed by atoms with Gasteiger partial charge in [0.25, 0.3) is 5.91 Å². The molecule has 3 aromatic heterocycles. The fraction of sp³-hybridized carbons (Fsp3) is 0.304. The van der Waals surface area contributed by atoms with Crippen LogP contribution in [0.25, 0.3) is 22.4 Å². The lowest BCUT2D eigenvalue weighted by Crippen LogP contribution is -2.49. The molecule has 1 amide bonds. The van der Waals surface area contributed by atoms with Crippen LogP contribution in [0.3, 0.4) is 0 Å². The molecule has 9 nitrogen and oxygen atoms in total. The van der Waals surface area contributed by atoms with Crippen LogP contribution in [0.15, 0.2) is 53.3 Å². The molecule has 0 unspecified atom stereocenters. The predicted molar refractivity (Wildman–Crippen MR) is 119 cm³/mol. The summed E-state index contributed by atoms with van der Waals surface area (Å²) in [5, 5.41) is 4.03. The number of amides is 1. The molecule has 0 N–H and O–H groups in total. The van der Waals surface area contributed by atoms with Crippen molar-refractivity contribution < 1.29 is 9.32 Å². The van der Waals surface area contributed by atoms with Gasteiger partial charge in [-0.15, -0.1) is 0 Å². The highest BCUT2D eigenvalue weighted by atomic mass is 16.5. The summed E-state index contributed by atoms with van der Waals surface area (Å²) in [4.78, 5) is 34.7. The molecule has 4 aromatic rings. The maximum atomic E-state index is 12.9. The fourth-order valence-corrected chi connectivity index (χ4v) is 3.65. The minimum Gasteiger partial charge on any atom is -0.353 e. The van der Waals surface area contributed by atoms with E-state index < -0.39 is 0 Å². The summed E-state index contributed by atoms with van der Waals surface area (Å²) < 4.78 is 5.28. The molecule has 1 aliphatic heterocycles. The number of carbonyl (C=O) groups excluding carboxylic acids is 1. The normalized spacial score (nSPS) is 14.3. The number of hydrogen-bond donors (Lipinski definition) is 0. The van der Waals surface area contributed by atoms with Gasteiger partial charge in [0.1, 0.15) is 11.5 Å². The molecule has 1 saturated heterocycles. The predicted octanol–water partition coefficient (Wildman–Crippen LogP) is 3.16. The van der Waals surface area contributed by atoms with Gasteiger partial charge in [-0.05, 0) is 24.3 Å². The summed E-state index contributed by atoms with van der Waals surface area (Å²) >= 11 is 0. The zero-order valence-electron chi connectivity index (χ0n) is 18.0. The van der Waals surface area contributed by atoms with Crippen molar-refractivity contribution in [2.45, 2.75) is 19.8 Å². The van der Waals surface area contributed by atoms with E-state index in [9.17, 15) is 4.79 Å². The Hall–Kier alpha value is -3.88. The Morgan fingerprint density at radius 2 is 1.72 bits per heavy atom. The van der Waals surface area contributed by atoms with Crippen molar-refractivity contribution in [2.24, 2.45) is 0 Å². The maximum Gasteiger partial charge on any atom is 0.274 e. The SMILES string of the molecule is CC(C)c1nc(-c2ccc(N3CCN(C(=O)c4cnc5ccccc5n4)CC3)nc2)no1. The quantitative estimate of drug-likeness (QED) is 0.488. The van der Waals surface area contributed by atoms with Crippen molar-refractivity contribution in [2.75, 3.05) is 31.1 Å². The first-order valence-corrected chi connectivity index (χ1v) is 10.6. The van der Waals surface area contributed by atoms with Gasteiger partial charge >= 0.3 is 0 Å². The molecule has 32 heavy (non-hydrogen) atoms. The molecular formula is C23H23N7O2. The highest BCUT2D eigenvalue weighted by molar-refractivity contribution is 5.94. The lowest BCUT2D eigenvalue weighted by Gasteiger charge is -2.35. The van der Waals surface area contributed by atoms with Crippen molar-refractivity contribution in [3.05, 3.63) is 60.4 Å². The van der Waals surface area contributed by atoms with Gasteiger partial charge in [0.05, 0.1) is 17.2 Å². The second-order valence-corrected chi connectivity index (χ2v) is 8.04. The van der Waals surface area contributed by atoms with E-state index in [-0.39, 0.29) is 11.8 Å². The minimum atomic E-state index is -0.0933. The van der Waals surface area contributed by atoms with Crippen molar-refractivity contribution in [1.29, 1.82) is 0 Å². The van der Waals surface area contributed by atoms with Crippen molar-refractivity contribution >= 4 is 22.8 Å². The summed E-state index contributed by atoms with van der Waals surface area (Å²) in [7, 11) is 0. The average Bonchev–Trinajstić information content (AvgIpc) is 3.34.